The number of nitriles is 1. The van der Waals surface area contributed by atoms with Gasteiger partial charge >= 0.3 is 0 Å². The van der Waals surface area contributed by atoms with Crippen LogP contribution in [0.15, 0.2) is 71.2 Å². The number of nitrogens with zero attached hydrogens (tertiary/aromatic N) is 2. The summed E-state index contributed by atoms with van der Waals surface area (Å²) in [6.45, 7) is 2.21. The summed E-state index contributed by atoms with van der Waals surface area (Å²) in [4.78, 5) is 17.9. The monoisotopic (exact) mass is 360 g/mol. The van der Waals surface area contributed by atoms with Gasteiger partial charge in [-0.05, 0) is 40.6 Å². The maximum Gasteiger partial charge on any atom is 0.235 e. The third-order valence-electron chi connectivity index (χ3n) is 3.97. The van der Waals surface area contributed by atoms with E-state index in [2.05, 4.69) is 23.4 Å². The van der Waals surface area contributed by atoms with Crippen molar-refractivity contribution >= 4 is 22.8 Å². The third kappa shape index (κ3) is 3.88. The number of carbonyl (C=O) groups excluding carboxylic acids is 1. The molecule has 0 aliphatic heterocycles. The van der Waals surface area contributed by atoms with Gasteiger partial charge in [0.05, 0.1) is 4.88 Å². The Morgan fingerprint density at radius 2 is 1.92 bits per heavy atom. The zero-order valence-corrected chi connectivity index (χ0v) is 15.0. The molecule has 0 saturated heterocycles. The van der Waals surface area contributed by atoms with Crippen LogP contribution >= 0.6 is 11.3 Å². The fraction of sp³-hybridized carbons (Fsp3) is 0.0952. The van der Waals surface area contributed by atoms with Gasteiger partial charge in [0, 0.05) is 0 Å². The fourth-order valence-electron chi connectivity index (χ4n) is 2.57. The molecule has 0 N–H and O–H groups in total. The van der Waals surface area contributed by atoms with Crippen molar-refractivity contribution in [3.05, 3.63) is 82.0 Å². The van der Waals surface area contributed by atoms with E-state index in [1.54, 1.807) is 17.5 Å². The molecule has 0 atom stereocenters. The molecule has 0 saturated carbocycles. The molecule has 3 rings (SSSR count). The lowest BCUT2D eigenvalue weighted by Gasteiger charge is -2.11. The van der Waals surface area contributed by atoms with Crippen LogP contribution in [0.25, 0.3) is 11.1 Å². The minimum Gasteiger partial charge on any atom is -0.390 e. The predicted octanol–water partition coefficient (Wildman–Crippen LogP) is 5.00. The van der Waals surface area contributed by atoms with Crippen LogP contribution in [0, 0.1) is 18.3 Å². The van der Waals surface area contributed by atoms with Gasteiger partial charge in [-0.1, -0.05) is 59.8 Å². The summed E-state index contributed by atoms with van der Waals surface area (Å²) in [5.74, 6) is -0.419. The Labute approximate surface area is 156 Å². The molecular weight excluding hydrogens is 344 g/mol. The van der Waals surface area contributed by atoms with Gasteiger partial charge in [-0.2, -0.15) is 5.26 Å². The normalized spacial score (nSPS) is 11.0. The van der Waals surface area contributed by atoms with E-state index in [0.717, 1.165) is 22.3 Å². The molecule has 128 valence electrons. The van der Waals surface area contributed by atoms with Crippen molar-refractivity contribution in [2.75, 3.05) is 0 Å². The first-order chi connectivity index (χ1) is 12.7. The Balaban J connectivity index is 1.76. The Hall–Kier alpha value is -3.23. The number of thiophene rings is 1. The van der Waals surface area contributed by atoms with E-state index in [1.807, 2.05) is 43.3 Å². The highest BCUT2D eigenvalue weighted by atomic mass is 32.1. The second-order valence-corrected chi connectivity index (χ2v) is 6.53. The second kappa shape index (κ2) is 8.24. The average Bonchev–Trinajstić information content (AvgIpc) is 3.21. The molecule has 0 amide bonds. The molecule has 2 aromatic carbocycles. The van der Waals surface area contributed by atoms with Crippen molar-refractivity contribution < 1.29 is 9.63 Å². The van der Waals surface area contributed by atoms with Gasteiger partial charge in [0.2, 0.25) is 11.5 Å². The van der Waals surface area contributed by atoms with Gasteiger partial charge in [-0.25, -0.2) is 0 Å². The van der Waals surface area contributed by atoms with Crippen LogP contribution in [0.5, 0.6) is 0 Å². The van der Waals surface area contributed by atoms with E-state index in [-0.39, 0.29) is 12.3 Å². The van der Waals surface area contributed by atoms with E-state index in [0.29, 0.717) is 4.88 Å². The number of benzene rings is 2. The minimum absolute atomic E-state index is 0.190. The van der Waals surface area contributed by atoms with Crippen molar-refractivity contribution in [1.29, 1.82) is 5.26 Å². The molecule has 5 heteroatoms. The maximum absolute atomic E-state index is 12.2. The molecule has 1 aromatic heterocycles. The van der Waals surface area contributed by atoms with Gasteiger partial charge in [-0.15, -0.1) is 11.3 Å². The van der Waals surface area contributed by atoms with Gasteiger partial charge in [0.1, 0.15) is 12.7 Å². The molecule has 0 bridgehead atoms. The second-order valence-electron chi connectivity index (χ2n) is 5.59. The molecule has 1 heterocycles. The minimum atomic E-state index is -0.419. The summed E-state index contributed by atoms with van der Waals surface area (Å²) in [6, 6.07) is 21.3. The molecule has 0 spiro atoms. The topological polar surface area (TPSA) is 62.4 Å². The molecule has 3 aromatic rings. The SMILES string of the molecule is Cc1c(CO/N=C(\C#N)C(=O)c2cccs2)cccc1-c1ccccc1. The molecule has 0 aliphatic rings. The molecular formula is C21H16N2O2S. The quantitative estimate of drug-likeness (QED) is 0.353. The number of ketones is 1. The molecule has 0 radical (unpaired) electrons. The van der Waals surface area contributed by atoms with Crippen molar-refractivity contribution in [2.45, 2.75) is 13.5 Å². The molecule has 0 aliphatic carbocycles. The van der Waals surface area contributed by atoms with Gasteiger partial charge in [-0.3, -0.25) is 4.79 Å². The zero-order chi connectivity index (χ0) is 18.4. The Kier molecular flexibility index (Phi) is 5.57. The molecule has 4 nitrogen and oxygen atoms in total. The summed E-state index contributed by atoms with van der Waals surface area (Å²) >= 11 is 1.27. The summed E-state index contributed by atoms with van der Waals surface area (Å²) < 4.78 is 0. The summed E-state index contributed by atoms with van der Waals surface area (Å²) in [6.07, 6.45) is 0. The lowest BCUT2D eigenvalue weighted by molar-refractivity contribution is 0.104. The third-order valence-corrected chi connectivity index (χ3v) is 4.84. The summed E-state index contributed by atoms with van der Waals surface area (Å²) in [7, 11) is 0. The van der Waals surface area contributed by atoms with Gasteiger partial charge in [0.15, 0.2) is 0 Å². The zero-order valence-electron chi connectivity index (χ0n) is 14.2. The summed E-state index contributed by atoms with van der Waals surface area (Å²) in [5, 5.41) is 14.7. The van der Waals surface area contributed by atoms with Crippen molar-refractivity contribution in [2.24, 2.45) is 5.16 Å². The first kappa shape index (κ1) is 17.6. The van der Waals surface area contributed by atoms with Crippen LogP contribution in [-0.2, 0) is 11.4 Å². The molecule has 0 unspecified atom stereocenters. The van der Waals surface area contributed by atoms with Crippen molar-refractivity contribution in [3.63, 3.8) is 0 Å². The van der Waals surface area contributed by atoms with Crippen LogP contribution < -0.4 is 0 Å². The predicted molar refractivity (Wildman–Crippen MR) is 103 cm³/mol. The lowest BCUT2D eigenvalue weighted by atomic mass is 9.97. The average molecular weight is 360 g/mol. The number of Topliss-reactive ketones (excluding diaryl/α,β-unsaturated/α-hetero) is 1. The van der Waals surface area contributed by atoms with Crippen molar-refractivity contribution in [3.8, 4) is 17.2 Å². The highest BCUT2D eigenvalue weighted by molar-refractivity contribution is 7.13. The highest BCUT2D eigenvalue weighted by Crippen LogP contribution is 2.26. The van der Waals surface area contributed by atoms with E-state index >= 15 is 0 Å². The van der Waals surface area contributed by atoms with Crippen LogP contribution in [0.2, 0.25) is 0 Å². The lowest BCUT2D eigenvalue weighted by Crippen LogP contribution is -2.11. The highest BCUT2D eigenvalue weighted by Gasteiger charge is 2.15. The number of hydrogen-bond acceptors (Lipinski definition) is 5. The number of hydrogen-bond donors (Lipinski definition) is 0. The number of oxime groups is 1. The first-order valence-corrected chi connectivity index (χ1v) is 8.91. The largest absolute Gasteiger partial charge is 0.390 e. The van der Waals surface area contributed by atoms with Crippen LogP contribution in [0.3, 0.4) is 0 Å². The Morgan fingerprint density at radius 1 is 1.12 bits per heavy atom. The standard InChI is InChI=1S/C21H16N2O2S/c1-15-17(9-5-10-18(15)16-7-3-2-4-8-16)14-25-23-19(13-22)21(24)20-11-6-12-26-20/h2-12H,14H2,1H3/b23-19+. The van der Waals surface area contributed by atoms with E-state index < -0.39 is 5.78 Å². The van der Waals surface area contributed by atoms with Crippen LogP contribution in [0.1, 0.15) is 20.8 Å². The fourth-order valence-corrected chi connectivity index (χ4v) is 3.24. The first-order valence-electron chi connectivity index (χ1n) is 8.03. The Bertz CT molecular complexity index is 971. The number of rotatable bonds is 6. The van der Waals surface area contributed by atoms with Gasteiger partial charge < -0.3 is 4.84 Å². The van der Waals surface area contributed by atoms with E-state index in [4.69, 9.17) is 10.1 Å². The maximum atomic E-state index is 12.2. The van der Waals surface area contributed by atoms with E-state index in [1.165, 1.54) is 11.3 Å². The smallest absolute Gasteiger partial charge is 0.235 e. The van der Waals surface area contributed by atoms with Crippen LogP contribution in [0.4, 0.5) is 0 Å². The molecule has 0 fully saturated rings. The van der Waals surface area contributed by atoms with Crippen molar-refractivity contribution in [1.82, 2.24) is 0 Å². The molecule has 26 heavy (non-hydrogen) atoms. The van der Waals surface area contributed by atoms with Gasteiger partial charge in [0.25, 0.3) is 0 Å². The summed E-state index contributed by atoms with van der Waals surface area (Å²) in [5.41, 5.74) is 4.03. The Morgan fingerprint density at radius 3 is 2.62 bits per heavy atom. The van der Waals surface area contributed by atoms with E-state index in [9.17, 15) is 4.79 Å². The van der Waals surface area contributed by atoms with Crippen LogP contribution in [-0.4, -0.2) is 11.5 Å². The number of carbonyl (C=O) groups is 1.